The zero-order valence-electron chi connectivity index (χ0n) is 14.9. The number of aromatic hydroxyl groups is 4. The number of phenols is 4. The van der Waals surface area contributed by atoms with Crippen LogP contribution < -0.4 is 11.1 Å². The SMILES string of the molecule is C[C@H](Nc1ccc(O)c(O)c1)C(=O)O.N[C@@H](Cc1ccc(O)c(O)c1)C(=O)O. The number of benzene rings is 2. The summed E-state index contributed by atoms with van der Waals surface area (Å²) in [5, 5.41) is 56.0. The summed E-state index contributed by atoms with van der Waals surface area (Å²) in [5.41, 5.74) is 6.30. The molecule has 0 saturated carbocycles. The average molecular weight is 394 g/mol. The number of rotatable bonds is 6. The van der Waals surface area contributed by atoms with Gasteiger partial charge in [0.15, 0.2) is 23.0 Å². The van der Waals surface area contributed by atoms with Gasteiger partial charge in [-0.3, -0.25) is 9.59 Å². The van der Waals surface area contributed by atoms with Crippen molar-refractivity contribution in [3.05, 3.63) is 42.0 Å². The van der Waals surface area contributed by atoms with Crippen molar-refractivity contribution in [1.29, 1.82) is 0 Å². The first-order valence-electron chi connectivity index (χ1n) is 8.01. The molecule has 152 valence electrons. The molecular weight excluding hydrogens is 372 g/mol. The van der Waals surface area contributed by atoms with Gasteiger partial charge in [0.25, 0.3) is 0 Å². The third-order valence-electron chi connectivity index (χ3n) is 3.54. The summed E-state index contributed by atoms with van der Waals surface area (Å²) < 4.78 is 0. The van der Waals surface area contributed by atoms with E-state index in [1.54, 1.807) is 0 Å². The lowest BCUT2D eigenvalue weighted by Crippen LogP contribution is -2.32. The smallest absolute Gasteiger partial charge is 0.325 e. The van der Waals surface area contributed by atoms with Crippen molar-refractivity contribution >= 4 is 17.6 Å². The second-order valence-electron chi connectivity index (χ2n) is 5.88. The summed E-state index contributed by atoms with van der Waals surface area (Å²) >= 11 is 0. The molecule has 0 saturated heterocycles. The fourth-order valence-electron chi connectivity index (χ4n) is 1.96. The fraction of sp³-hybridized carbons (Fsp3) is 0.222. The predicted octanol–water partition coefficient (Wildman–Crippen LogP) is 1.03. The van der Waals surface area contributed by atoms with Gasteiger partial charge in [-0.1, -0.05) is 6.07 Å². The van der Waals surface area contributed by atoms with Gasteiger partial charge in [0.05, 0.1) is 0 Å². The summed E-state index contributed by atoms with van der Waals surface area (Å²) in [5.74, 6) is -3.13. The number of carbonyl (C=O) groups is 2. The van der Waals surface area contributed by atoms with Gasteiger partial charge in [0.2, 0.25) is 0 Å². The van der Waals surface area contributed by atoms with E-state index >= 15 is 0 Å². The molecule has 0 aliphatic heterocycles. The number of carboxylic acids is 2. The van der Waals surface area contributed by atoms with Crippen LogP contribution in [0.25, 0.3) is 0 Å². The summed E-state index contributed by atoms with van der Waals surface area (Å²) in [6.07, 6.45) is 0.114. The Morgan fingerprint density at radius 2 is 1.43 bits per heavy atom. The summed E-state index contributed by atoms with van der Waals surface area (Å²) in [6.45, 7) is 1.48. The van der Waals surface area contributed by atoms with Crippen LogP contribution in [0, 0.1) is 0 Å². The molecule has 0 bridgehead atoms. The molecule has 9 N–H and O–H groups in total. The number of hydrogen-bond donors (Lipinski definition) is 8. The van der Waals surface area contributed by atoms with Gasteiger partial charge in [0, 0.05) is 11.8 Å². The molecule has 0 aliphatic rings. The fourth-order valence-corrected chi connectivity index (χ4v) is 1.96. The second kappa shape index (κ2) is 9.88. The number of carboxylic acid groups (broad SMARTS) is 2. The Bertz CT molecular complexity index is 771. The lowest BCUT2D eigenvalue weighted by Gasteiger charge is -2.10. The molecule has 0 heterocycles. The monoisotopic (exact) mass is 394 g/mol. The Morgan fingerprint density at radius 1 is 0.893 bits per heavy atom. The van der Waals surface area contributed by atoms with Gasteiger partial charge in [-0.2, -0.15) is 0 Å². The summed E-state index contributed by atoms with van der Waals surface area (Å²) in [4.78, 5) is 20.9. The van der Waals surface area contributed by atoms with Crippen LogP contribution in [0.15, 0.2) is 36.4 Å². The number of anilines is 1. The maximum absolute atomic E-state index is 10.5. The van der Waals surface area contributed by atoms with Gasteiger partial charge in [-0.15, -0.1) is 0 Å². The number of nitrogens with two attached hydrogens (primary N) is 1. The lowest BCUT2D eigenvalue weighted by atomic mass is 10.1. The number of aliphatic carboxylic acids is 2. The van der Waals surface area contributed by atoms with Crippen LogP contribution in [0.4, 0.5) is 5.69 Å². The molecule has 0 aromatic heterocycles. The van der Waals surface area contributed by atoms with Crippen molar-refractivity contribution in [2.24, 2.45) is 5.73 Å². The van der Waals surface area contributed by atoms with E-state index < -0.39 is 24.0 Å². The van der Waals surface area contributed by atoms with E-state index in [1.807, 2.05) is 0 Å². The molecular formula is C18H22N2O8. The van der Waals surface area contributed by atoms with Crippen molar-refractivity contribution in [3.63, 3.8) is 0 Å². The Kier molecular flexibility index (Phi) is 7.90. The normalized spacial score (nSPS) is 12.2. The molecule has 10 nitrogen and oxygen atoms in total. The van der Waals surface area contributed by atoms with Crippen LogP contribution >= 0.6 is 0 Å². The highest BCUT2D eigenvalue weighted by Crippen LogP contribution is 2.27. The minimum absolute atomic E-state index is 0.114. The topological polar surface area (TPSA) is 194 Å². The second-order valence-corrected chi connectivity index (χ2v) is 5.88. The van der Waals surface area contributed by atoms with Crippen LogP contribution in [0.5, 0.6) is 23.0 Å². The maximum Gasteiger partial charge on any atom is 0.325 e. The van der Waals surface area contributed by atoms with E-state index in [1.165, 1.54) is 43.3 Å². The van der Waals surface area contributed by atoms with Gasteiger partial charge >= 0.3 is 11.9 Å². The Labute approximate surface area is 160 Å². The minimum Gasteiger partial charge on any atom is -0.504 e. The highest BCUT2D eigenvalue weighted by molar-refractivity contribution is 5.77. The quantitative estimate of drug-likeness (QED) is 0.259. The van der Waals surface area contributed by atoms with Crippen LogP contribution in [0.3, 0.4) is 0 Å². The molecule has 0 unspecified atom stereocenters. The Morgan fingerprint density at radius 3 is 1.89 bits per heavy atom. The number of nitrogens with one attached hydrogen (secondary N) is 1. The zero-order valence-corrected chi connectivity index (χ0v) is 14.9. The third kappa shape index (κ3) is 6.92. The van der Waals surface area contributed by atoms with Gasteiger partial charge < -0.3 is 41.7 Å². The van der Waals surface area contributed by atoms with Gasteiger partial charge in [-0.05, 0) is 43.2 Å². The number of hydrogen-bond acceptors (Lipinski definition) is 8. The van der Waals surface area contributed by atoms with Crippen LogP contribution in [-0.2, 0) is 16.0 Å². The van der Waals surface area contributed by atoms with E-state index in [0.29, 0.717) is 11.3 Å². The van der Waals surface area contributed by atoms with Crippen molar-refractivity contribution in [3.8, 4) is 23.0 Å². The maximum atomic E-state index is 10.5. The molecule has 0 radical (unpaired) electrons. The van der Waals surface area contributed by atoms with Crippen molar-refractivity contribution in [2.45, 2.75) is 25.4 Å². The molecule has 0 spiro atoms. The molecule has 28 heavy (non-hydrogen) atoms. The van der Waals surface area contributed by atoms with E-state index in [4.69, 9.17) is 36.4 Å². The van der Waals surface area contributed by atoms with Crippen LogP contribution in [-0.4, -0.2) is 54.7 Å². The summed E-state index contributed by atoms with van der Waals surface area (Å²) in [7, 11) is 0. The molecule has 0 fully saturated rings. The van der Waals surface area contributed by atoms with Crippen molar-refractivity contribution < 1.29 is 40.2 Å². The Balaban J connectivity index is 0.000000280. The molecule has 2 rings (SSSR count). The van der Waals surface area contributed by atoms with E-state index in [9.17, 15) is 9.59 Å². The van der Waals surface area contributed by atoms with E-state index in [-0.39, 0.29) is 29.4 Å². The molecule has 2 aromatic carbocycles. The predicted molar refractivity (Wildman–Crippen MR) is 99.6 cm³/mol. The first-order valence-corrected chi connectivity index (χ1v) is 8.01. The van der Waals surface area contributed by atoms with E-state index in [0.717, 1.165) is 0 Å². The Hall–Kier alpha value is -3.66. The molecule has 2 atom stereocenters. The largest absolute Gasteiger partial charge is 0.504 e. The zero-order chi connectivity index (χ0) is 21.4. The first kappa shape index (κ1) is 22.4. The summed E-state index contributed by atoms with van der Waals surface area (Å²) in [6, 6.07) is 6.36. The first-order chi connectivity index (χ1) is 13.0. The highest BCUT2D eigenvalue weighted by Gasteiger charge is 2.13. The standard InChI is InChI=1S/2C9H11NO4/c1-5(9(13)14)10-6-2-3-7(11)8(12)4-6;10-6(9(13)14)3-5-1-2-7(11)8(12)4-5/h2-5,10-12H,1H3,(H,13,14);1-2,4,6,11-12H,3,10H2,(H,13,14)/t5-;6-/m00/s1. The van der Waals surface area contributed by atoms with Crippen LogP contribution in [0.1, 0.15) is 12.5 Å². The highest BCUT2D eigenvalue weighted by atomic mass is 16.4. The average Bonchev–Trinajstić information content (AvgIpc) is 2.61. The number of phenolic OH excluding ortho intramolecular Hbond substituents is 4. The van der Waals surface area contributed by atoms with Crippen molar-refractivity contribution in [2.75, 3.05) is 5.32 Å². The minimum atomic E-state index is -1.10. The van der Waals surface area contributed by atoms with Crippen molar-refractivity contribution in [1.82, 2.24) is 0 Å². The molecule has 0 aliphatic carbocycles. The molecule has 2 aromatic rings. The van der Waals surface area contributed by atoms with Gasteiger partial charge in [-0.25, -0.2) is 0 Å². The lowest BCUT2D eigenvalue weighted by molar-refractivity contribution is -0.139. The third-order valence-corrected chi connectivity index (χ3v) is 3.54. The van der Waals surface area contributed by atoms with Crippen LogP contribution in [0.2, 0.25) is 0 Å². The molecule has 0 amide bonds. The van der Waals surface area contributed by atoms with Gasteiger partial charge in [0.1, 0.15) is 12.1 Å². The molecule has 10 heteroatoms. The van der Waals surface area contributed by atoms with E-state index in [2.05, 4.69) is 5.32 Å².